The van der Waals surface area contributed by atoms with Gasteiger partial charge in [-0.2, -0.15) is 0 Å². The van der Waals surface area contributed by atoms with Gasteiger partial charge in [-0.15, -0.1) is 12.4 Å². The number of nitrogens with two attached hydrogens (primary N) is 1. The summed E-state index contributed by atoms with van der Waals surface area (Å²) in [6.07, 6.45) is 3.96. The van der Waals surface area contributed by atoms with Gasteiger partial charge in [0.15, 0.2) is 0 Å². The normalized spacial score (nSPS) is 18.9. The molecule has 1 aliphatic rings. The molecule has 0 spiro atoms. The van der Waals surface area contributed by atoms with Gasteiger partial charge in [0.2, 0.25) is 0 Å². The van der Waals surface area contributed by atoms with Crippen LogP contribution in [0.5, 0.6) is 0 Å². The van der Waals surface area contributed by atoms with Gasteiger partial charge < -0.3 is 10.5 Å². The molecule has 1 aliphatic heterocycles. The lowest BCUT2D eigenvalue weighted by molar-refractivity contribution is 0.0583. The van der Waals surface area contributed by atoms with Crippen molar-refractivity contribution in [3.63, 3.8) is 0 Å². The summed E-state index contributed by atoms with van der Waals surface area (Å²) in [6, 6.07) is 4.07. The Morgan fingerprint density at radius 3 is 2.62 bits per heavy atom. The highest BCUT2D eigenvalue weighted by Gasteiger charge is 2.22. The fourth-order valence-electron chi connectivity index (χ4n) is 1.93. The van der Waals surface area contributed by atoms with E-state index in [0.29, 0.717) is 5.92 Å². The van der Waals surface area contributed by atoms with Crippen LogP contribution in [0.3, 0.4) is 0 Å². The van der Waals surface area contributed by atoms with Crippen LogP contribution in [-0.4, -0.2) is 18.2 Å². The van der Waals surface area contributed by atoms with Crippen molar-refractivity contribution in [1.82, 2.24) is 4.98 Å². The van der Waals surface area contributed by atoms with Gasteiger partial charge in [-0.1, -0.05) is 6.07 Å². The molecule has 90 valence electrons. The smallest absolute Gasteiger partial charge is 0.106 e. The number of hydrogen-bond donors (Lipinski definition) is 1. The second kappa shape index (κ2) is 6.55. The van der Waals surface area contributed by atoms with Gasteiger partial charge in [0, 0.05) is 25.5 Å². The topological polar surface area (TPSA) is 48.1 Å². The van der Waals surface area contributed by atoms with Crippen molar-refractivity contribution in [2.75, 3.05) is 13.2 Å². The Labute approximate surface area is 110 Å². The molecule has 0 unspecified atom stereocenters. The number of halogens is 2. The third-order valence-corrected chi connectivity index (χ3v) is 3.38. The molecule has 2 heterocycles. The molecule has 0 bridgehead atoms. The summed E-state index contributed by atoms with van der Waals surface area (Å²) in [5.41, 5.74) is 7.32. The zero-order chi connectivity index (χ0) is 10.7. The van der Waals surface area contributed by atoms with Crippen molar-refractivity contribution in [2.24, 2.45) is 11.7 Å². The monoisotopic (exact) mass is 306 g/mol. The molecule has 5 heteroatoms. The third kappa shape index (κ3) is 3.42. The number of aromatic nitrogens is 1. The van der Waals surface area contributed by atoms with Crippen molar-refractivity contribution in [3.05, 3.63) is 28.5 Å². The molecule has 3 nitrogen and oxygen atoms in total. The van der Waals surface area contributed by atoms with Crippen LogP contribution in [0.2, 0.25) is 0 Å². The molecule has 1 aromatic heterocycles. The molecule has 0 aliphatic carbocycles. The van der Waals surface area contributed by atoms with E-state index in [9.17, 15) is 0 Å². The molecule has 16 heavy (non-hydrogen) atoms. The Bertz CT molecular complexity index is 314. The van der Waals surface area contributed by atoms with Crippen molar-refractivity contribution >= 4 is 28.3 Å². The standard InChI is InChI=1S/C11H15BrN2O.ClH/c12-10-2-1-9(7-14-10)11(13)8-3-5-15-6-4-8;/h1-2,7-8,11H,3-6,13H2;1H/t11-;/m0./s1. The quantitative estimate of drug-likeness (QED) is 0.855. The predicted octanol–water partition coefficient (Wildman–Crippen LogP) is 2.69. The van der Waals surface area contributed by atoms with Gasteiger partial charge in [-0.3, -0.25) is 0 Å². The lowest BCUT2D eigenvalue weighted by Gasteiger charge is -2.27. The van der Waals surface area contributed by atoms with Gasteiger partial charge >= 0.3 is 0 Å². The molecule has 1 atom stereocenters. The first-order chi connectivity index (χ1) is 7.27. The number of nitrogens with zero attached hydrogens (tertiary/aromatic N) is 1. The van der Waals surface area contributed by atoms with Crippen LogP contribution in [0.25, 0.3) is 0 Å². The molecule has 0 amide bonds. The lowest BCUT2D eigenvalue weighted by atomic mass is 9.88. The fourth-order valence-corrected chi connectivity index (χ4v) is 2.17. The summed E-state index contributed by atoms with van der Waals surface area (Å²) in [4.78, 5) is 4.20. The van der Waals surface area contributed by atoms with Crippen molar-refractivity contribution in [1.29, 1.82) is 0 Å². The molecule has 0 aromatic carbocycles. The van der Waals surface area contributed by atoms with E-state index in [2.05, 4.69) is 20.9 Å². The van der Waals surface area contributed by atoms with Crippen LogP contribution in [0.1, 0.15) is 24.4 Å². The van der Waals surface area contributed by atoms with Gasteiger partial charge in [0.1, 0.15) is 4.60 Å². The van der Waals surface area contributed by atoms with Crippen LogP contribution in [0, 0.1) is 5.92 Å². The van der Waals surface area contributed by atoms with E-state index >= 15 is 0 Å². The van der Waals surface area contributed by atoms with E-state index in [1.54, 1.807) is 0 Å². The maximum Gasteiger partial charge on any atom is 0.106 e. The second-order valence-corrected chi connectivity index (χ2v) is 4.70. The van der Waals surface area contributed by atoms with E-state index in [4.69, 9.17) is 10.5 Å². The summed E-state index contributed by atoms with van der Waals surface area (Å²) in [5, 5.41) is 0. The van der Waals surface area contributed by atoms with Crippen molar-refractivity contribution < 1.29 is 4.74 Å². The molecule has 0 radical (unpaired) electrons. The third-order valence-electron chi connectivity index (χ3n) is 2.91. The molecule has 0 saturated carbocycles. The van der Waals surface area contributed by atoms with Crippen LogP contribution in [0.4, 0.5) is 0 Å². The number of hydrogen-bond acceptors (Lipinski definition) is 3. The van der Waals surface area contributed by atoms with Gasteiger partial charge in [0.25, 0.3) is 0 Å². The highest BCUT2D eigenvalue weighted by atomic mass is 79.9. The first-order valence-corrected chi connectivity index (χ1v) is 6.01. The highest BCUT2D eigenvalue weighted by molar-refractivity contribution is 9.10. The Kier molecular flexibility index (Phi) is 5.69. The molecule has 1 fully saturated rings. The van der Waals surface area contributed by atoms with Gasteiger partial charge in [-0.25, -0.2) is 4.98 Å². The molecule has 2 N–H and O–H groups in total. The average molecular weight is 308 g/mol. The number of pyridine rings is 1. The van der Waals surface area contributed by atoms with E-state index < -0.39 is 0 Å². The van der Waals surface area contributed by atoms with Crippen LogP contribution >= 0.6 is 28.3 Å². The zero-order valence-corrected chi connectivity index (χ0v) is 11.3. The maximum atomic E-state index is 6.21. The van der Waals surface area contributed by atoms with Gasteiger partial charge in [0.05, 0.1) is 0 Å². The first-order valence-electron chi connectivity index (χ1n) is 5.22. The van der Waals surface area contributed by atoms with Crippen molar-refractivity contribution in [2.45, 2.75) is 18.9 Å². The summed E-state index contributed by atoms with van der Waals surface area (Å²) in [5.74, 6) is 0.529. The van der Waals surface area contributed by atoms with Crippen LogP contribution in [-0.2, 0) is 4.74 Å². The summed E-state index contributed by atoms with van der Waals surface area (Å²) >= 11 is 3.32. The minimum atomic E-state index is 0. The Morgan fingerprint density at radius 1 is 1.38 bits per heavy atom. The maximum absolute atomic E-state index is 6.21. The zero-order valence-electron chi connectivity index (χ0n) is 8.93. The Hall–Kier alpha value is -0.160. The minimum absolute atomic E-state index is 0. The van der Waals surface area contributed by atoms with Gasteiger partial charge in [-0.05, 0) is 46.3 Å². The largest absolute Gasteiger partial charge is 0.381 e. The molecule has 2 rings (SSSR count). The summed E-state index contributed by atoms with van der Waals surface area (Å²) in [6.45, 7) is 1.67. The summed E-state index contributed by atoms with van der Waals surface area (Å²) in [7, 11) is 0. The minimum Gasteiger partial charge on any atom is -0.381 e. The fraction of sp³-hybridized carbons (Fsp3) is 0.545. The van der Waals surface area contributed by atoms with Crippen LogP contribution < -0.4 is 5.73 Å². The van der Waals surface area contributed by atoms with E-state index in [0.717, 1.165) is 36.2 Å². The SMILES string of the molecule is Cl.N[C@H](c1ccc(Br)nc1)C1CCOCC1. The number of ether oxygens (including phenoxy) is 1. The molecular formula is C11H16BrClN2O. The Morgan fingerprint density at radius 2 is 2.06 bits per heavy atom. The van der Waals surface area contributed by atoms with E-state index in [1.807, 2.05) is 18.3 Å². The van der Waals surface area contributed by atoms with E-state index in [-0.39, 0.29) is 18.4 Å². The number of rotatable bonds is 2. The molecule has 1 saturated heterocycles. The molecular weight excluding hydrogens is 291 g/mol. The van der Waals surface area contributed by atoms with Crippen molar-refractivity contribution in [3.8, 4) is 0 Å². The molecule has 1 aromatic rings. The van der Waals surface area contributed by atoms with Crippen LogP contribution in [0.15, 0.2) is 22.9 Å². The Balaban J connectivity index is 0.00000128. The predicted molar refractivity (Wildman–Crippen MR) is 69.7 cm³/mol. The second-order valence-electron chi connectivity index (χ2n) is 3.89. The van der Waals surface area contributed by atoms with E-state index in [1.165, 1.54) is 0 Å². The lowest BCUT2D eigenvalue weighted by Crippen LogP contribution is -2.27. The average Bonchev–Trinajstić information content (AvgIpc) is 2.30. The highest BCUT2D eigenvalue weighted by Crippen LogP contribution is 2.27. The summed E-state index contributed by atoms with van der Waals surface area (Å²) < 4.78 is 6.18. The first kappa shape index (κ1) is 13.9.